The highest BCUT2D eigenvalue weighted by Crippen LogP contribution is 2.67. The van der Waals surface area contributed by atoms with Crippen molar-refractivity contribution in [3.05, 3.63) is 116 Å². The van der Waals surface area contributed by atoms with E-state index in [1.54, 1.807) is 38.6 Å². The molecule has 3 fully saturated rings. The van der Waals surface area contributed by atoms with Crippen molar-refractivity contribution in [2.24, 2.45) is 11.8 Å². The number of benzene rings is 3. The molecule has 1 N–H and O–H groups in total. The molecule has 2 unspecified atom stereocenters. The normalized spacial score (nSPS) is 24.3. The first-order valence-corrected chi connectivity index (χ1v) is 18.1. The average molecular weight is 679 g/mol. The summed E-state index contributed by atoms with van der Waals surface area (Å²) < 4.78 is -0.835. The van der Waals surface area contributed by atoms with Crippen LogP contribution in [-0.4, -0.2) is 76.6 Å². The fourth-order valence-electron chi connectivity index (χ4n) is 8.29. The van der Waals surface area contributed by atoms with Crippen LogP contribution in [0.5, 0.6) is 0 Å². The summed E-state index contributed by atoms with van der Waals surface area (Å²) in [5.41, 5.74) is 3.26. The van der Waals surface area contributed by atoms with Gasteiger partial charge in [-0.25, -0.2) is 0 Å². The monoisotopic (exact) mass is 678 g/mol. The molecule has 3 aromatic rings. The number of amides is 3. The minimum atomic E-state index is -0.901. The van der Waals surface area contributed by atoms with Gasteiger partial charge in [0.1, 0.15) is 6.04 Å². The molecule has 9 heteroatoms. The molecule has 0 saturated carbocycles. The van der Waals surface area contributed by atoms with Crippen LogP contribution in [0.4, 0.5) is 17.1 Å². The largest absolute Gasteiger partial charge is 0.394 e. The molecule has 3 aromatic carbocycles. The van der Waals surface area contributed by atoms with Crippen molar-refractivity contribution in [2.45, 2.75) is 48.8 Å². The zero-order chi connectivity index (χ0) is 34.7. The SMILES string of the molecule is C=CCN(C(=O)C1N([C@H](CO)c2ccccc2)C(=O)[C@@H]2[C@@H](C(=O)N(CC=C)c3ccccc3)[C@H]3CCC12S3)c1ccc(N(CC)CC)cc1. The fraction of sp³-hybridized carbons (Fsp3) is 0.375. The third-order valence-corrected chi connectivity index (χ3v) is 12.4. The number of anilines is 3. The van der Waals surface area contributed by atoms with Gasteiger partial charge in [0.2, 0.25) is 11.8 Å². The maximum atomic E-state index is 15.2. The van der Waals surface area contributed by atoms with Gasteiger partial charge < -0.3 is 24.7 Å². The number of fused-ring (bicyclic) bond motifs is 1. The summed E-state index contributed by atoms with van der Waals surface area (Å²) in [5, 5.41) is 10.8. The molecular formula is C40H46N4O4S. The molecule has 49 heavy (non-hydrogen) atoms. The number of hydrogen-bond donors (Lipinski definition) is 1. The summed E-state index contributed by atoms with van der Waals surface area (Å²) in [6, 6.07) is 25.1. The first-order valence-electron chi connectivity index (χ1n) is 17.3. The Morgan fingerprint density at radius 1 is 0.878 bits per heavy atom. The van der Waals surface area contributed by atoms with E-state index in [0.29, 0.717) is 25.1 Å². The minimum Gasteiger partial charge on any atom is -0.394 e. The molecule has 3 amide bonds. The number of aliphatic hydroxyl groups is 1. The summed E-state index contributed by atoms with van der Waals surface area (Å²) in [5.74, 6) is -1.96. The maximum Gasteiger partial charge on any atom is 0.251 e. The standard InChI is InChI=1S/C40H46N4O4S/c1-5-25-42(30-17-13-10-14-18-30)37(46)34-33-23-24-40(49-33)35(34)38(47)44(32(27-45)28-15-11-9-12-16-28)36(40)39(48)43(26-6-2)31-21-19-29(20-22-31)41(7-3)8-4/h5-6,9-22,32-36,45H,1-2,7-8,23-27H2,3-4H3/t32-,33-,34+,35+,36?,40?/m1/s1. The molecule has 3 aliphatic rings. The number of likely N-dealkylation sites (tertiary alicyclic amines) is 1. The molecule has 1 spiro atoms. The fourth-order valence-corrected chi connectivity index (χ4v) is 10.5. The zero-order valence-electron chi connectivity index (χ0n) is 28.4. The van der Waals surface area contributed by atoms with Gasteiger partial charge in [-0.2, -0.15) is 0 Å². The van der Waals surface area contributed by atoms with E-state index >= 15 is 9.59 Å². The second-order valence-electron chi connectivity index (χ2n) is 12.9. The number of para-hydroxylation sites is 1. The molecular weight excluding hydrogens is 633 g/mol. The smallest absolute Gasteiger partial charge is 0.251 e. The van der Waals surface area contributed by atoms with Gasteiger partial charge in [-0.3, -0.25) is 14.4 Å². The quantitative estimate of drug-likeness (QED) is 0.208. The van der Waals surface area contributed by atoms with Crippen LogP contribution in [0, 0.1) is 11.8 Å². The van der Waals surface area contributed by atoms with Crippen molar-refractivity contribution in [1.29, 1.82) is 0 Å². The summed E-state index contributed by atoms with van der Waals surface area (Å²) in [6.45, 7) is 14.0. The summed E-state index contributed by atoms with van der Waals surface area (Å²) >= 11 is 1.63. The molecule has 3 saturated heterocycles. The second kappa shape index (κ2) is 14.6. The number of hydrogen-bond acceptors (Lipinski definition) is 6. The second-order valence-corrected chi connectivity index (χ2v) is 14.5. The zero-order valence-corrected chi connectivity index (χ0v) is 29.2. The first kappa shape index (κ1) is 34.5. The van der Waals surface area contributed by atoms with Crippen LogP contribution in [0.25, 0.3) is 0 Å². The Kier molecular flexibility index (Phi) is 10.3. The van der Waals surface area contributed by atoms with E-state index in [4.69, 9.17) is 0 Å². The van der Waals surface area contributed by atoms with Crippen molar-refractivity contribution in [2.75, 3.05) is 47.5 Å². The van der Waals surface area contributed by atoms with Crippen LogP contribution >= 0.6 is 11.8 Å². The van der Waals surface area contributed by atoms with Crippen molar-refractivity contribution < 1.29 is 19.5 Å². The summed E-state index contributed by atoms with van der Waals surface area (Å²) in [4.78, 5) is 52.1. The number of carbonyl (C=O) groups is 3. The molecule has 6 atom stereocenters. The van der Waals surface area contributed by atoms with Crippen LogP contribution in [-0.2, 0) is 14.4 Å². The van der Waals surface area contributed by atoms with Crippen LogP contribution in [0.3, 0.4) is 0 Å². The Bertz CT molecular complexity index is 1660. The van der Waals surface area contributed by atoms with Crippen LogP contribution in [0.1, 0.15) is 38.3 Å². The molecule has 2 bridgehead atoms. The average Bonchev–Trinajstić information content (AvgIpc) is 3.79. The number of nitrogens with zero attached hydrogens (tertiary/aromatic N) is 4. The molecule has 256 valence electrons. The molecule has 3 heterocycles. The van der Waals surface area contributed by atoms with Crippen molar-refractivity contribution >= 4 is 46.5 Å². The van der Waals surface area contributed by atoms with Gasteiger partial charge >= 0.3 is 0 Å². The van der Waals surface area contributed by atoms with E-state index in [2.05, 4.69) is 31.9 Å². The van der Waals surface area contributed by atoms with E-state index in [1.165, 1.54) is 0 Å². The van der Waals surface area contributed by atoms with Gasteiger partial charge in [-0.1, -0.05) is 60.7 Å². The highest BCUT2D eigenvalue weighted by molar-refractivity contribution is 8.02. The molecule has 0 aliphatic carbocycles. The molecule has 6 rings (SSSR count). The highest BCUT2D eigenvalue weighted by atomic mass is 32.2. The number of aliphatic hydroxyl groups excluding tert-OH is 1. The van der Waals surface area contributed by atoms with E-state index in [1.807, 2.05) is 84.9 Å². The predicted molar refractivity (Wildman–Crippen MR) is 199 cm³/mol. The van der Waals surface area contributed by atoms with Gasteiger partial charge in [0.25, 0.3) is 5.91 Å². The number of thioether (sulfide) groups is 1. The molecule has 8 nitrogen and oxygen atoms in total. The van der Waals surface area contributed by atoms with Crippen LogP contribution in [0.15, 0.2) is 110 Å². The van der Waals surface area contributed by atoms with E-state index in [0.717, 1.165) is 30.0 Å². The number of rotatable bonds is 14. The Morgan fingerprint density at radius 2 is 1.43 bits per heavy atom. The lowest BCUT2D eigenvalue weighted by Crippen LogP contribution is -2.56. The first-order chi connectivity index (χ1) is 23.8. The predicted octanol–water partition coefficient (Wildman–Crippen LogP) is 6.10. The molecule has 0 radical (unpaired) electrons. The van der Waals surface area contributed by atoms with Gasteiger partial charge in [0.15, 0.2) is 0 Å². The molecule has 0 aromatic heterocycles. The maximum absolute atomic E-state index is 15.2. The van der Waals surface area contributed by atoms with Gasteiger partial charge in [0, 0.05) is 48.5 Å². The Balaban J connectivity index is 1.45. The van der Waals surface area contributed by atoms with Crippen molar-refractivity contribution in [3.8, 4) is 0 Å². The molecule has 3 aliphatic heterocycles. The van der Waals surface area contributed by atoms with Gasteiger partial charge in [0.05, 0.1) is 29.2 Å². The Morgan fingerprint density at radius 3 is 2.00 bits per heavy atom. The van der Waals surface area contributed by atoms with E-state index in [-0.39, 0.29) is 36.1 Å². The van der Waals surface area contributed by atoms with E-state index in [9.17, 15) is 9.90 Å². The highest BCUT2D eigenvalue weighted by Gasteiger charge is 2.74. The lowest BCUT2D eigenvalue weighted by Gasteiger charge is -2.40. The van der Waals surface area contributed by atoms with Gasteiger partial charge in [-0.15, -0.1) is 24.9 Å². The topological polar surface area (TPSA) is 84.4 Å². The number of carbonyl (C=O) groups excluding carboxylic acids is 3. The lowest BCUT2D eigenvalue weighted by molar-refractivity contribution is -0.142. The van der Waals surface area contributed by atoms with Crippen LogP contribution in [0.2, 0.25) is 0 Å². The third kappa shape index (κ3) is 5.97. The van der Waals surface area contributed by atoms with E-state index < -0.39 is 28.7 Å². The summed E-state index contributed by atoms with van der Waals surface area (Å²) in [6.07, 6.45) is 4.74. The van der Waals surface area contributed by atoms with Crippen molar-refractivity contribution in [3.63, 3.8) is 0 Å². The summed E-state index contributed by atoms with van der Waals surface area (Å²) in [7, 11) is 0. The van der Waals surface area contributed by atoms with Crippen molar-refractivity contribution in [1.82, 2.24) is 4.90 Å². The third-order valence-electron chi connectivity index (χ3n) is 10.5. The lowest BCUT2D eigenvalue weighted by atomic mass is 9.70. The van der Waals surface area contributed by atoms with Gasteiger partial charge in [-0.05, 0) is 68.7 Å². The minimum absolute atomic E-state index is 0.111. The van der Waals surface area contributed by atoms with Crippen LogP contribution < -0.4 is 14.7 Å². The Labute approximate surface area is 294 Å². The Hall–Kier alpha value is -4.34.